The third kappa shape index (κ3) is 2.17. The van der Waals surface area contributed by atoms with Gasteiger partial charge in [-0.05, 0) is 31.8 Å². The van der Waals surface area contributed by atoms with Gasteiger partial charge >= 0.3 is 0 Å². The summed E-state index contributed by atoms with van der Waals surface area (Å²) in [6.07, 6.45) is 9.69. The highest BCUT2D eigenvalue weighted by atomic mass is 16.2. The number of fused-ring (bicyclic) bond motifs is 2. The van der Waals surface area contributed by atoms with Crippen molar-refractivity contribution in [2.75, 3.05) is 5.32 Å². The molecule has 0 bridgehead atoms. The lowest BCUT2D eigenvalue weighted by molar-refractivity contribution is -0.120. The van der Waals surface area contributed by atoms with E-state index in [1.54, 1.807) is 6.20 Å². The van der Waals surface area contributed by atoms with Crippen molar-refractivity contribution < 1.29 is 4.79 Å². The van der Waals surface area contributed by atoms with E-state index in [0.717, 1.165) is 18.4 Å². The minimum atomic E-state index is -0.528. The van der Waals surface area contributed by atoms with E-state index in [4.69, 9.17) is 5.73 Å². The number of allylic oxidation sites excluding steroid dienone is 3. The summed E-state index contributed by atoms with van der Waals surface area (Å²) < 4.78 is 0. The van der Waals surface area contributed by atoms with Gasteiger partial charge in [-0.25, -0.2) is 9.97 Å². The molecule has 0 saturated carbocycles. The highest BCUT2D eigenvalue weighted by Crippen LogP contribution is 2.50. The highest BCUT2D eigenvalue weighted by molar-refractivity contribution is 6.06. The molecular formula is C16H20N4O. The van der Waals surface area contributed by atoms with E-state index in [-0.39, 0.29) is 11.9 Å². The Kier molecular flexibility index (Phi) is 3.37. The van der Waals surface area contributed by atoms with Crippen LogP contribution in [-0.4, -0.2) is 21.9 Å². The van der Waals surface area contributed by atoms with Crippen LogP contribution in [0.1, 0.15) is 38.7 Å². The van der Waals surface area contributed by atoms with E-state index in [1.165, 1.54) is 17.5 Å². The van der Waals surface area contributed by atoms with Gasteiger partial charge in [-0.2, -0.15) is 0 Å². The molecule has 2 aliphatic rings. The van der Waals surface area contributed by atoms with Crippen LogP contribution in [0.5, 0.6) is 0 Å². The maximum atomic E-state index is 12.5. The first kappa shape index (κ1) is 13.9. The Bertz CT molecular complexity index is 647. The van der Waals surface area contributed by atoms with E-state index in [1.807, 2.05) is 13.0 Å². The zero-order valence-electron chi connectivity index (χ0n) is 12.4. The zero-order valence-corrected chi connectivity index (χ0v) is 12.4. The summed E-state index contributed by atoms with van der Waals surface area (Å²) in [6.45, 7) is 4.07. The largest absolute Gasteiger partial charge is 0.325 e. The minimum Gasteiger partial charge on any atom is -0.325 e. The van der Waals surface area contributed by atoms with Crippen LogP contribution in [0.3, 0.4) is 0 Å². The Morgan fingerprint density at radius 2 is 2.33 bits per heavy atom. The van der Waals surface area contributed by atoms with Gasteiger partial charge in [0.1, 0.15) is 12.1 Å². The quantitative estimate of drug-likeness (QED) is 0.890. The summed E-state index contributed by atoms with van der Waals surface area (Å²) in [5.74, 6) is 0.691. The number of nitrogens with zero attached hydrogens (tertiary/aromatic N) is 2. The predicted octanol–water partition coefficient (Wildman–Crippen LogP) is 2.07. The average molecular weight is 284 g/mol. The van der Waals surface area contributed by atoms with Crippen LogP contribution in [0.25, 0.3) is 0 Å². The van der Waals surface area contributed by atoms with E-state index < -0.39 is 5.41 Å². The fraction of sp³-hybridized carbons (Fsp3) is 0.438. The Morgan fingerprint density at radius 1 is 1.52 bits per heavy atom. The summed E-state index contributed by atoms with van der Waals surface area (Å²) in [4.78, 5) is 20.8. The molecule has 1 aromatic heterocycles. The monoisotopic (exact) mass is 284 g/mol. The van der Waals surface area contributed by atoms with Crippen molar-refractivity contribution in [1.82, 2.24) is 9.97 Å². The standard InChI is InChI=1S/C16H20N4O/c1-3-11-6-16(7-12(11)5-4-10(2)17)13-8-18-9-19-14(13)20-15(16)21/h4-5,8-10H,3,6-7,17H2,1-2H3,(H,18,19,20,21)/b5-4-. The Morgan fingerprint density at radius 3 is 3.05 bits per heavy atom. The second-order valence-corrected chi connectivity index (χ2v) is 5.88. The molecule has 0 aromatic carbocycles. The average Bonchev–Trinajstić information content (AvgIpc) is 2.97. The van der Waals surface area contributed by atoms with Crippen LogP contribution >= 0.6 is 0 Å². The van der Waals surface area contributed by atoms with E-state index >= 15 is 0 Å². The van der Waals surface area contributed by atoms with Crippen molar-refractivity contribution in [3.8, 4) is 0 Å². The molecule has 2 heterocycles. The molecule has 1 aliphatic heterocycles. The molecule has 3 N–H and O–H groups in total. The van der Waals surface area contributed by atoms with E-state index in [0.29, 0.717) is 12.2 Å². The molecular weight excluding hydrogens is 264 g/mol. The molecule has 110 valence electrons. The number of nitrogens with one attached hydrogen (secondary N) is 1. The topological polar surface area (TPSA) is 80.9 Å². The maximum absolute atomic E-state index is 12.5. The van der Waals surface area contributed by atoms with E-state index in [9.17, 15) is 4.79 Å². The molecule has 3 rings (SSSR count). The molecule has 0 radical (unpaired) electrons. The fourth-order valence-corrected chi connectivity index (χ4v) is 3.27. The number of hydrogen-bond donors (Lipinski definition) is 2. The first-order valence-corrected chi connectivity index (χ1v) is 7.33. The zero-order chi connectivity index (χ0) is 15.0. The first-order valence-electron chi connectivity index (χ1n) is 7.33. The van der Waals surface area contributed by atoms with Crippen molar-refractivity contribution >= 4 is 11.7 Å². The lowest BCUT2D eigenvalue weighted by Gasteiger charge is -2.21. The van der Waals surface area contributed by atoms with Gasteiger partial charge in [-0.3, -0.25) is 4.79 Å². The van der Waals surface area contributed by atoms with E-state index in [2.05, 4.69) is 28.3 Å². The molecule has 1 amide bonds. The van der Waals surface area contributed by atoms with Gasteiger partial charge in [0.05, 0.1) is 5.41 Å². The summed E-state index contributed by atoms with van der Waals surface area (Å²) in [6, 6.07) is 0.0141. The second-order valence-electron chi connectivity index (χ2n) is 5.88. The normalized spacial score (nSPS) is 25.8. The van der Waals surface area contributed by atoms with Crippen LogP contribution in [0.4, 0.5) is 5.82 Å². The van der Waals surface area contributed by atoms with Gasteiger partial charge in [-0.1, -0.05) is 24.6 Å². The molecule has 5 nitrogen and oxygen atoms in total. The van der Waals surface area contributed by atoms with Crippen molar-refractivity contribution in [2.24, 2.45) is 5.73 Å². The van der Waals surface area contributed by atoms with Crippen molar-refractivity contribution in [3.63, 3.8) is 0 Å². The first-order chi connectivity index (χ1) is 10.1. The molecule has 5 heteroatoms. The van der Waals surface area contributed by atoms with Gasteiger partial charge in [-0.15, -0.1) is 0 Å². The summed E-state index contributed by atoms with van der Waals surface area (Å²) in [5.41, 5.74) is 8.73. The second kappa shape index (κ2) is 5.07. The molecule has 1 spiro atoms. The van der Waals surface area contributed by atoms with Gasteiger partial charge in [0.25, 0.3) is 0 Å². The van der Waals surface area contributed by atoms with Crippen molar-refractivity contribution in [1.29, 1.82) is 0 Å². The Labute approximate surface area is 124 Å². The molecule has 1 aromatic rings. The molecule has 2 unspecified atom stereocenters. The summed E-state index contributed by atoms with van der Waals surface area (Å²) >= 11 is 0. The van der Waals surface area contributed by atoms with Gasteiger partial charge in [0.2, 0.25) is 5.91 Å². The lowest BCUT2D eigenvalue weighted by atomic mass is 9.79. The van der Waals surface area contributed by atoms with Crippen LogP contribution in [0.2, 0.25) is 0 Å². The molecule has 0 saturated heterocycles. The fourth-order valence-electron chi connectivity index (χ4n) is 3.27. The number of amides is 1. The summed E-state index contributed by atoms with van der Waals surface area (Å²) in [5, 5.41) is 2.89. The van der Waals surface area contributed by atoms with Crippen LogP contribution < -0.4 is 11.1 Å². The number of anilines is 1. The number of hydrogen-bond acceptors (Lipinski definition) is 4. The van der Waals surface area contributed by atoms with Gasteiger partial charge in [0, 0.05) is 17.8 Å². The maximum Gasteiger partial charge on any atom is 0.237 e. The van der Waals surface area contributed by atoms with Crippen molar-refractivity contribution in [3.05, 3.63) is 41.4 Å². The molecule has 1 aliphatic carbocycles. The van der Waals surface area contributed by atoms with Gasteiger partial charge in [0.15, 0.2) is 0 Å². The minimum absolute atomic E-state index is 0.0141. The molecule has 0 fully saturated rings. The Hall–Kier alpha value is -2.01. The number of carbonyl (C=O) groups is 1. The third-order valence-corrected chi connectivity index (χ3v) is 4.38. The SMILES string of the molecule is CCC1=C(/C=C\C(C)N)CC2(C1)C(=O)Nc1ncncc12. The third-order valence-electron chi connectivity index (χ3n) is 4.38. The lowest BCUT2D eigenvalue weighted by Crippen LogP contribution is -2.32. The van der Waals surface area contributed by atoms with Crippen molar-refractivity contribution in [2.45, 2.75) is 44.6 Å². The van der Waals surface area contributed by atoms with Crippen LogP contribution in [-0.2, 0) is 10.2 Å². The number of aromatic nitrogens is 2. The Balaban J connectivity index is 1.98. The summed E-state index contributed by atoms with van der Waals surface area (Å²) in [7, 11) is 0. The molecule has 2 atom stereocenters. The smallest absolute Gasteiger partial charge is 0.237 e. The molecule has 21 heavy (non-hydrogen) atoms. The van der Waals surface area contributed by atoms with Crippen LogP contribution in [0.15, 0.2) is 35.8 Å². The number of nitrogens with two attached hydrogens (primary N) is 1. The predicted molar refractivity (Wildman–Crippen MR) is 81.7 cm³/mol. The number of rotatable bonds is 3. The van der Waals surface area contributed by atoms with Crippen LogP contribution in [0, 0.1) is 0 Å². The number of carbonyl (C=O) groups excluding carboxylic acids is 1. The van der Waals surface area contributed by atoms with Gasteiger partial charge < -0.3 is 11.1 Å². The highest BCUT2D eigenvalue weighted by Gasteiger charge is 2.51.